The first-order valence-corrected chi connectivity index (χ1v) is 6.87. The van der Waals surface area contributed by atoms with Crippen molar-refractivity contribution in [3.63, 3.8) is 0 Å². The van der Waals surface area contributed by atoms with E-state index < -0.39 is 0 Å². The van der Waals surface area contributed by atoms with Gasteiger partial charge in [-0.3, -0.25) is 0 Å². The van der Waals surface area contributed by atoms with Crippen LogP contribution in [0.3, 0.4) is 0 Å². The summed E-state index contributed by atoms with van der Waals surface area (Å²) in [5.41, 5.74) is 10.2. The van der Waals surface area contributed by atoms with Crippen molar-refractivity contribution in [2.24, 2.45) is 0 Å². The molecule has 1 aromatic carbocycles. The highest BCUT2D eigenvalue weighted by Crippen LogP contribution is 2.28. The average Bonchev–Trinajstić information content (AvgIpc) is 2.85. The molecule has 19 heavy (non-hydrogen) atoms. The summed E-state index contributed by atoms with van der Waals surface area (Å²) in [6.45, 7) is 2.58. The zero-order chi connectivity index (χ0) is 13.2. The zero-order valence-electron chi connectivity index (χ0n) is 11.2. The van der Waals surface area contributed by atoms with Crippen LogP contribution in [0.25, 0.3) is 5.69 Å². The fourth-order valence-electron chi connectivity index (χ4n) is 2.65. The molecule has 0 radical (unpaired) electrons. The molecule has 1 aliphatic carbocycles. The van der Waals surface area contributed by atoms with Gasteiger partial charge < -0.3 is 15.0 Å². The van der Waals surface area contributed by atoms with E-state index in [1.165, 1.54) is 24.2 Å². The average molecular weight is 257 g/mol. The van der Waals surface area contributed by atoms with E-state index in [9.17, 15) is 0 Å². The molecule has 0 atom stereocenters. The molecule has 2 N–H and O–H groups in total. The predicted octanol–water partition coefficient (Wildman–Crippen LogP) is 2.73. The van der Waals surface area contributed by atoms with Crippen LogP contribution in [0.2, 0.25) is 0 Å². The van der Waals surface area contributed by atoms with Crippen LogP contribution in [-0.2, 0) is 12.8 Å². The molecule has 1 aromatic heterocycles. The summed E-state index contributed by atoms with van der Waals surface area (Å²) in [7, 11) is 0. The molecular weight excluding hydrogens is 238 g/mol. The summed E-state index contributed by atoms with van der Waals surface area (Å²) in [6, 6.07) is 5.92. The number of anilines is 1. The topological polar surface area (TPSA) is 53.1 Å². The van der Waals surface area contributed by atoms with E-state index in [1.807, 2.05) is 31.5 Å². The molecule has 4 heteroatoms. The number of hydrogen-bond donors (Lipinski definition) is 1. The fourth-order valence-corrected chi connectivity index (χ4v) is 2.65. The first kappa shape index (κ1) is 12.1. The Labute approximate surface area is 113 Å². The van der Waals surface area contributed by atoms with Gasteiger partial charge in [0, 0.05) is 11.8 Å². The minimum Gasteiger partial charge on any atom is -0.492 e. The maximum Gasteiger partial charge on any atom is 0.144 e. The van der Waals surface area contributed by atoms with E-state index in [1.54, 1.807) is 0 Å². The third-order valence-corrected chi connectivity index (χ3v) is 3.61. The van der Waals surface area contributed by atoms with Crippen LogP contribution in [0.1, 0.15) is 31.2 Å². The van der Waals surface area contributed by atoms with Crippen LogP contribution in [0, 0.1) is 0 Å². The number of nitrogens with two attached hydrogens (primary N) is 1. The second kappa shape index (κ2) is 4.96. The predicted molar refractivity (Wildman–Crippen MR) is 75.8 cm³/mol. The summed E-state index contributed by atoms with van der Waals surface area (Å²) in [5, 5.41) is 0. The van der Waals surface area contributed by atoms with Gasteiger partial charge in [-0.15, -0.1) is 0 Å². The summed E-state index contributed by atoms with van der Waals surface area (Å²) < 4.78 is 7.72. The molecular formula is C15H19N3O. The second-order valence-corrected chi connectivity index (χ2v) is 4.87. The highest BCUT2D eigenvalue weighted by Gasteiger charge is 2.16. The minimum absolute atomic E-state index is 0.621. The Morgan fingerprint density at radius 3 is 3.00 bits per heavy atom. The van der Waals surface area contributed by atoms with Crippen molar-refractivity contribution in [2.75, 3.05) is 12.3 Å². The normalized spacial score (nSPS) is 14.2. The first-order chi connectivity index (χ1) is 9.29. The Bertz CT molecular complexity index is 589. The molecule has 100 valence electrons. The van der Waals surface area contributed by atoms with Crippen molar-refractivity contribution in [2.45, 2.75) is 32.6 Å². The van der Waals surface area contributed by atoms with Crippen LogP contribution in [0.5, 0.6) is 5.75 Å². The van der Waals surface area contributed by atoms with E-state index in [-0.39, 0.29) is 0 Å². The van der Waals surface area contributed by atoms with E-state index in [0.29, 0.717) is 12.3 Å². The van der Waals surface area contributed by atoms with Crippen molar-refractivity contribution in [1.29, 1.82) is 0 Å². The van der Waals surface area contributed by atoms with E-state index >= 15 is 0 Å². The number of aryl methyl sites for hydroxylation is 1. The van der Waals surface area contributed by atoms with Gasteiger partial charge in [-0.25, -0.2) is 4.98 Å². The zero-order valence-corrected chi connectivity index (χ0v) is 11.2. The molecule has 1 heterocycles. The van der Waals surface area contributed by atoms with Crippen LogP contribution in [0.4, 0.5) is 5.69 Å². The molecule has 0 unspecified atom stereocenters. The molecule has 0 fully saturated rings. The number of benzene rings is 1. The van der Waals surface area contributed by atoms with E-state index in [4.69, 9.17) is 10.5 Å². The monoisotopic (exact) mass is 257 g/mol. The van der Waals surface area contributed by atoms with Crippen LogP contribution in [-0.4, -0.2) is 16.2 Å². The highest BCUT2D eigenvalue weighted by atomic mass is 16.5. The third kappa shape index (κ3) is 2.18. The lowest BCUT2D eigenvalue weighted by Crippen LogP contribution is -2.07. The Hall–Kier alpha value is -1.97. The van der Waals surface area contributed by atoms with Gasteiger partial charge in [-0.1, -0.05) is 0 Å². The van der Waals surface area contributed by atoms with Crippen LogP contribution < -0.4 is 10.5 Å². The second-order valence-electron chi connectivity index (χ2n) is 4.87. The lowest BCUT2D eigenvalue weighted by molar-refractivity contribution is 0.342. The van der Waals surface area contributed by atoms with Gasteiger partial charge in [0.25, 0.3) is 0 Å². The van der Waals surface area contributed by atoms with Gasteiger partial charge in [-0.2, -0.15) is 0 Å². The summed E-state index contributed by atoms with van der Waals surface area (Å²) >= 11 is 0. The summed E-state index contributed by atoms with van der Waals surface area (Å²) in [5.74, 6) is 0.748. The van der Waals surface area contributed by atoms with Crippen molar-refractivity contribution < 1.29 is 4.74 Å². The number of nitrogen functional groups attached to an aromatic ring is 1. The molecule has 3 rings (SSSR count). The van der Waals surface area contributed by atoms with Gasteiger partial charge in [-0.05, 0) is 44.7 Å². The quantitative estimate of drug-likeness (QED) is 0.860. The standard InChI is InChI=1S/C15H19N3O/c1-2-19-15-9-11(7-8-12(15)16)18-10-17-13-5-3-4-6-14(13)18/h7-10H,2-6,16H2,1H3. The van der Waals surface area contributed by atoms with E-state index in [2.05, 4.69) is 9.55 Å². The van der Waals surface area contributed by atoms with Gasteiger partial charge in [0.05, 0.1) is 30.0 Å². The first-order valence-electron chi connectivity index (χ1n) is 6.87. The molecule has 1 aliphatic rings. The largest absolute Gasteiger partial charge is 0.492 e. The molecule has 0 saturated heterocycles. The van der Waals surface area contributed by atoms with Gasteiger partial charge in [0.1, 0.15) is 5.75 Å². The Morgan fingerprint density at radius 2 is 2.16 bits per heavy atom. The lowest BCUT2D eigenvalue weighted by atomic mass is 10.0. The molecule has 4 nitrogen and oxygen atoms in total. The van der Waals surface area contributed by atoms with Crippen molar-refractivity contribution in [3.05, 3.63) is 35.9 Å². The number of fused-ring (bicyclic) bond motifs is 1. The Kier molecular flexibility index (Phi) is 3.15. The Balaban J connectivity index is 2.02. The molecule has 0 amide bonds. The van der Waals surface area contributed by atoms with Crippen molar-refractivity contribution in [1.82, 2.24) is 9.55 Å². The lowest BCUT2D eigenvalue weighted by Gasteiger charge is -2.15. The van der Waals surface area contributed by atoms with Gasteiger partial charge in [0.15, 0.2) is 0 Å². The molecule has 2 aromatic rings. The minimum atomic E-state index is 0.621. The third-order valence-electron chi connectivity index (χ3n) is 3.61. The SMILES string of the molecule is CCOc1cc(-n2cnc3c2CCCC3)ccc1N. The fraction of sp³-hybridized carbons (Fsp3) is 0.400. The summed E-state index contributed by atoms with van der Waals surface area (Å²) in [4.78, 5) is 4.52. The smallest absolute Gasteiger partial charge is 0.144 e. The number of nitrogens with zero attached hydrogens (tertiary/aromatic N) is 2. The van der Waals surface area contributed by atoms with Gasteiger partial charge >= 0.3 is 0 Å². The van der Waals surface area contributed by atoms with Crippen molar-refractivity contribution >= 4 is 5.69 Å². The molecule has 0 bridgehead atoms. The number of imidazole rings is 1. The van der Waals surface area contributed by atoms with Gasteiger partial charge in [0.2, 0.25) is 0 Å². The van der Waals surface area contributed by atoms with E-state index in [0.717, 1.165) is 24.3 Å². The van der Waals surface area contributed by atoms with Crippen LogP contribution >= 0.6 is 0 Å². The molecule has 0 saturated carbocycles. The van der Waals surface area contributed by atoms with Crippen molar-refractivity contribution in [3.8, 4) is 11.4 Å². The highest BCUT2D eigenvalue weighted by molar-refractivity contribution is 5.58. The number of hydrogen-bond acceptors (Lipinski definition) is 3. The maximum atomic E-state index is 5.92. The van der Waals surface area contributed by atoms with Crippen LogP contribution in [0.15, 0.2) is 24.5 Å². The summed E-state index contributed by atoms with van der Waals surface area (Å²) in [6.07, 6.45) is 6.60. The number of ether oxygens (including phenoxy) is 1. The number of rotatable bonds is 3. The maximum absolute atomic E-state index is 5.92. The number of aromatic nitrogens is 2. The molecule has 0 spiro atoms. The molecule has 0 aliphatic heterocycles. The Morgan fingerprint density at radius 1 is 1.32 bits per heavy atom.